The van der Waals surface area contributed by atoms with E-state index in [1.807, 2.05) is 0 Å². The highest BCUT2D eigenvalue weighted by molar-refractivity contribution is 6.30. The molecule has 0 saturated heterocycles. The highest BCUT2D eigenvalue weighted by Crippen LogP contribution is 2.26. The molecule has 1 aromatic carbocycles. The molecule has 0 bridgehead atoms. The summed E-state index contributed by atoms with van der Waals surface area (Å²) in [7, 11) is 0. The molecule has 1 unspecified atom stereocenters. The number of hydrogen-bond donors (Lipinski definition) is 0. The fourth-order valence-corrected chi connectivity index (χ4v) is 2.66. The monoisotopic (exact) mass is 254 g/mol. The van der Waals surface area contributed by atoms with Gasteiger partial charge in [-0.05, 0) is 48.9 Å². The summed E-state index contributed by atoms with van der Waals surface area (Å²) in [6.45, 7) is 0. The summed E-state index contributed by atoms with van der Waals surface area (Å²) < 4.78 is 13.6. The summed E-state index contributed by atoms with van der Waals surface area (Å²) in [4.78, 5) is 11.5. The van der Waals surface area contributed by atoms with Crippen LogP contribution in [0.2, 0.25) is 5.02 Å². The summed E-state index contributed by atoms with van der Waals surface area (Å²) in [6, 6.07) is 4.63. The van der Waals surface area contributed by atoms with E-state index in [9.17, 15) is 9.18 Å². The maximum absolute atomic E-state index is 13.6. The van der Waals surface area contributed by atoms with Gasteiger partial charge in [0, 0.05) is 17.9 Å². The number of carbonyl (C=O) groups excluding carboxylic acids is 1. The second kappa shape index (κ2) is 5.63. The van der Waals surface area contributed by atoms with Crippen molar-refractivity contribution < 1.29 is 9.18 Å². The van der Waals surface area contributed by atoms with Gasteiger partial charge in [0.2, 0.25) is 0 Å². The number of halogens is 2. The van der Waals surface area contributed by atoms with E-state index in [1.165, 1.54) is 6.07 Å². The summed E-state index contributed by atoms with van der Waals surface area (Å²) in [5, 5.41) is 0.557. The maximum Gasteiger partial charge on any atom is 0.133 e. The Morgan fingerprint density at radius 3 is 3.00 bits per heavy atom. The highest BCUT2D eigenvalue weighted by Gasteiger charge is 2.19. The normalized spacial score (nSPS) is 21.3. The smallest absolute Gasteiger partial charge is 0.133 e. The van der Waals surface area contributed by atoms with Gasteiger partial charge in [-0.15, -0.1) is 0 Å². The van der Waals surface area contributed by atoms with Crippen LogP contribution in [0.4, 0.5) is 4.39 Å². The molecule has 0 aromatic heterocycles. The van der Waals surface area contributed by atoms with Gasteiger partial charge in [-0.25, -0.2) is 4.39 Å². The first-order valence-electron chi connectivity index (χ1n) is 6.11. The third-order valence-corrected chi connectivity index (χ3v) is 3.59. The quantitative estimate of drug-likeness (QED) is 0.724. The third kappa shape index (κ3) is 3.53. The lowest BCUT2D eigenvalue weighted by Crippen LogP contribution is -2.09. The Labute approximate surface area is 106 Å². The van der Waals surface area contributed by atoms with Gasteiger partial charge in [-0.1, -0.05) is 18.0 Å². The number of Topliss-reactive ketones (excluding diaryl/α,β-unsaturated/α-hetero) is 1. The molecule has 0 radical (unpaired) electrons. The first-order chi connectivity index (χ1) is 8.15. The lowest BCUT2D eigenvalue weighted by Gasteiger charge is -2.13. The lowest BCUT2D eigenvalue weighted by atomic mass is 9.92. The van der Waals surface area contributed by atoms with Gasteiger partial charge in [0.05, 0.1) is 0 Å². The van der Waals surface area contributed by atoms with Gasteiger partial charge < -0.3 is 0 Å². The van der Waals surface area contributed by atoms with Crippen molar-refractivity contribution in [3.8, 4) is 0 Å². The second-order valence-electron chi connectivity index (χ2n) is 4.79. The van der Waals surface area contributed by atoms with Crippen LogP contribution in [0.3, 0.4) is 0 Å². The highest BCUT2D eigenvalue weighted by atomic mass is 35.5. The van der Waals surface area contributed by atoms with Crippen molar-refractivity contribution in [2.24, 2.45) is 5.92 Å². The average Bonchev–Trinajstić information content (AvgIpc) is 2.48. The molecule has 1 aromatic rings. The molecule has 92 valence electrons. The molecule has 0 amide bonds. The standard InChI is InChI=1S/C14H16ClFO/c15-12-5-6-14(16)11(9-12)7-10-3-1-2-4-13(17)8-10/h5-6,9-10H,1-4,7-8H2. The molecule has 3 heteroatoms. The minimum absolute atomic E-state index is 0.217. The topological polar surface area (TPSA) is 17.1 Å². The van der Waals surface area contributed by atoms with Crippen LogP contribution in [0, 0.1) is 11.7 Å². The van der Waals surface area contributed by atoms with Crippen LogP contribution in [0.1, 0.15) is 37.7 Å². The van der Waals surface area contributed by atoms with Crippen molar-refractivity contribution in [2.45, 2.75) is 38.5 Å². The Morgan fingerprint density at radius 2 is 2.18 bits per heavy atom. The van der Waals surface area contributed by atoms with Crippen molar-refractivity contribution in [2.75, 3.05) is 0 Å². The maximum atomic E-state index is 13.6. The van der Waals surface area contributed by atoms with Crippen molar-refractivity contribution in [3.05, 3.63) is 34.6 Å². The summed E-state index contributed by atoms with van der Waals surface area (Å²) >= 11 is 5.86. The van der Waals surface area contributed by atoms with Gasteiger partial charge in [-0.2, -0.15) is 0 Å². The number of hydrogen-bond acceptors (Lipinski definition) is 1. The molecule has 1 saturated carbocycles. The van der Waals surface area contributed by atoms with E-state index >= 15 is 0 Å². The van der Waals surface area contributed by atoms with E-state index < -0.39 is 0 Å². The molecular formula is C14H16ClFO. The molecule has 1 nitrogen and oxygen atoms in total. The van der Waals surface area contributed by atoms with Crippen molar-refractivity contribution in [1.82, 2.24) is 0 Å². The number of ketones is 1. The Bertz CT molecular complexity index is 417. The van der Waals surface area contributed by atoms with Crippen molar-refractivity contribution in [3.63, 3.8) is 0 Å². The Balaban J connectivity index is 2.08. The molecule has 0 aliphatic heterocycles. The molecule has 1 aliphatic rings. The zero-order chi connectivity index (χ0) is 12.3. The Hall–Kier alpha value is -0.890. The molecule has 0 heterocycles. The van der Waals surface area contributed by atoms with Crippen LogP contribution in [0.5, 0.6) is 0 Å². The van der Waals surface area contributed by atoms with Crippen LogP contribution >= 0.6 is 11.6 Å². The van der Waals surface area contributed by atoms with Gasteiger partial charge in [0.25, 0.3) is 0 Å². The van der Waals surface area contributed by atoms with E-state index in [-0.39, 0.29) is 11.7 Å². The minimum Gasteiger partial charge on any atom is -0.300 e. The van der Waals surface area contributed by atoms with E-state index in [2.05, 4.69) is 0 Å². The minimum atomic E-state index is -0.217. The SMILES string of the molecule is O=C1CCCCC(Cc2cc(Cl)ccc2F)C1. The molecule has 17 heavy (non-hydrogen) atoms. The van der Waals surface area contributed by atoms with Gasteiger partial charge in [0.1, 0.15) is 11.6 Å². The Morgan fingerprint density at radius 1 is 1.35 bits per heavy atom. The molecule has 1 atom stereocenters. The second-order valence-corrected chi connectivity index (χ2v) is 5.23. The van der Waals surface area contributed by atoms with E-state index in [4.69, 9.17) is 11.6 Å². The van der Waals surface area contributed by atoms with Crippen LogP contribution in [0.15, 0.2) is 18.2 Å². The molecule has 0 spiro atoms. The van der Waals surface area contributed by atoms with Gasteiger partial charge in [-0.3, -0.25) is 4.79 Å². The van der Waals surface area contributed by atoms with E-state index in [0.717, 1.165) is 19.3 Å². The number of benzene rings is 1. The summed E-state index contributed by atoms with van der Waals surface area (Å²) in [5.74, 6) is 0.374. The average molecular weight is 255 g/mol. The van der Waals surface area contributed by atoms with Gasteiger partial charge >= 0.3 is 0 Å². The van der Waals surface area contributed by atoms with Crippen LogP contribution in [-0.4, -0.2) is 5.78 Å². The number of carbonyl (C=O) groups is 1. The lowest BCUT2D eigenvalue weighted by molar-refractivity contribution is -0.119. The molecule has 2 rings (SSSR count). The molecular weight excluding hydrogens is 239 g/mol. The van der Waals surface area contributed by atoms with Gasteiger partial charge in [0.15, 0.2) is 0 Å². The first-order valence-corrected chi connectivity index (χ1v) is 6.48. The third-order valence-electron chi connectivity index (χ3n) is 3.35. The molecule has 1 fully saturated rings. The number of rotatable bonds is 2. The van der Waals surface area contributed by atoms with E-state index in [1.54, 1.807) is 12.1 Å². The predicted molar refractivity (Wildman–Crippen MR) is 66.7 cm³/mol. The first kappa shape index (κ1) is 12.6. The summed E-state index contributed by atoms with van der Waals surface area (Å²) in [6.07, 6.45) is 4.96. The van der Waals surface area contributed by atoms with Crippen molar-refractivity contribution in [1.29, 1.82) is 0 Å². The van der Waals surface area contributed by atoms with Crippen molar-refractivity contribution >= 4 is 17.4 Å². The zero-order valence-corrected chi connectivity index (χ0v) is 10.5. The van der Waals surface area contributed by atoms with Crippen LogP contribution < -0.4 is 0 Å². The van der Waals surface area contributed by atoms with E-state index in [0.29, 0.717) is 35.6 Å². The zero-order valence-electron chi connectivity index (χ0n) is 9.72. The fraction of sp³-hybridized carbons (Fsp3) is 0.500. The molecule has 1 aliphatic carbocycles. The predicted octanol–water partition coefficient (Wildman–Crippen LogP) is 4.17. The Kier molecular flexibility index (Phi) is 4.16. The largest absolute Gasteiger partial charge is 0.300 e. The fourth-order valence-electron chi connectivity index (χ4n) is 2.47. The van der Waals surface area contributed by atoms with Crippen LogP contribution in [-0.2, 0) is 11.2 Å². The molecule has 0 N–H and O–H groups in total. The van der Waals surface area contributed by atoms with Crippen LogP contribution in [0.25, 0.3) is 0 Å². The summed E-state index contributed by atoms with van der Waals surface area (Å²) in [5.41, 5.74) is 0.636.